The summed E-state index contributed by atoms with van der Waals surface area (Å²) in [7, 11) is 0. The van der Waals surface area contributed by atoms with Crippen LogP contribution in [0.25, 0.3) is 0 Å². The van der Waals surface area contributed by atoms with E-state index in [1.807, 2.05) is 0 Å². The van der Waals surface area contributed by atoms with Crippen molar-refractivity contribution in [1.82, 2.24) is 0 Å². The van der Waals surface area contributed by atoms with Crippen LogP contribution in [0, 0.1) is 28.6 Å². The number of ether oxygens (including phenoxy) is 2. The normalized spacial score (nSPS) is 51.4. The van der Waals surface area contributed by atoms with Crippen LogP contribution in [0.15, 0.2) is 0 Å². The molecule has 0 spiro atoms. The van der Waals surface area contributed by atoms with Crippen LogP contribution in [0.3, 0.4) is 0 Å². The van der Waals surface area contributed by atoms with Crippen LogP contribution < -0.4 is 0 Å². The second-order valence-corrected chi connectivity index (χ2v) is 10.7. The van der Waals surface area contributed by atoms with Gasteiger partial charge in [-0.3, -0.25) is 9.59 Å². The van der Waals surface area contributed by atoms with Crippen molar-refractivity contribution in [3.05, 3.63) is 0 Å². The van der Waals surface area contributed by atoms with Crippen molar-refractivity contribution < 1.29 is 29.3 Å². The van der Waals surface area contributed by atoms with E-state index in [0.29, 0.717) is 30.6 Å². The van der Waals surface area contributed by atoms with E-state index < -0.39 is 17.1 Å². The predicted octanol–water partition coefficient (Wildman–Crippen LogP) is 2.98. The molecule has 0 heterocycles. The van der Waals surface area contributed by atoms with Gasteiger partial charge in [-0.05, 0) is 62.7 Å². The molecule has 0 saturated heterocycles. The van der Waals surface area contributed by atoms with Gasteiger partial charge in [0.1, 0.15) is 12.2 Å². The van der Waals surface area contributed by atoms with Crippen molar-refractivity contribution in [3.8, 4) is 0 Å². The monoisotopic (exact) mass is 408 g/mol. The van der Waals surface area contributed by atoms with E-state index in [1.54, 1.807) is 0 Å². The summed E-state index contributed by atoms with van der Waals surface area (Å²) in [6.07, 6.45) is 4.99. The minimum absolute atomic E-state index is 0.0450. The highest BCUT2D eigenvalue weighted by Crippen LogP contribution is 2.67. The maximum atomic E-state index is 11.7. The van der Waals surface area contributed by atoms with Gasteiger partial charge in [-0.2, -0.15) is 0 Å². The zero-order valence-electron chi connectivity index (χ0n) is 18.1. The number of carbonyl (C=O) groups excluding carboxylic acids is 2. The van der Waals surface area contributed by atoms with Crippen molar-refractivity contribution in [1.29, 1.82) is 0 Å². The average Bonchev–Trinajstić information content (AvgIpc) is 2.93. The Bertz CT molecular complexity index is 693. The molecule has 0 aliphatic heterocycles. The molecule has 0 amide bonds. The summed E-state index contributed by atoms with van der Waals surface area (Å²) >= 11 is 0. The number of carbonyl (C=O) groups is 2. The highest BCUT2D eigenvalue weighted by molar-refractivity contribution is 5.66. The number of aliphatic hydroxyl groups is 2. The fourth-order valence-electron chi connectivity index (χ4n) is 7.92. The third-order valence-electron chi connectivity index (χ3n) is 9.37. The Balaban J connectivity index is 1.60. The first kappa shape index (κ1) is 21.1. The Hall–Kier alpha value is -1.14. The Morgan fingerprint density at radius 1 is 0.931 bits per heavy atom. The first-order valence-electron chi connectivity index (χ1n) is 11.3. The Morgan fingerprint density at radius 3 is 2.28 bits per heavy atom. The van der Waals surface area contributed by atoms with Crippen LogP contribution in [0.2, 0.25) is 0 Å². The summed E-state index contributed by atoms with van der Waals surface area (Å²) in [6, 6.07) is 0. The molecule has 164 valence electrons. The summed E-state index contributed by atoms with van der Waals surface area (Å²) in [5.74, 6) is 0.491. The van der Waals surface area contributed by atoms with Crippen LogP contribution >= 0.6 is 0 Å². The first-order valence-corrected chi connectivity index (χ1v) is 11.3. The molecule has 4 aliphatic carbocycles. The van der Waals surface area contributed by atoms with Crippen molar-refractivity contribution in [3.63, 3.8) is 0 Å². The molecule has 9 atom stereocenters. The molecule has 6 heteroatoms. The molecule has 4 saturated carbocycles. The van der Waals surface area contributed by atoms with Crippen LogP contribution in [0.5, 0.6) is 0 Å². The molecule has 0 unspecified atom stereocenters. The number of aliphatic hydroxyl groups excluding tert-OH is 1. The average molecular weight is 409 g/mol. The summed E-state index contributed by atoms with van der Waals surface area (Å²) in [5, 5.41) is 22.9. The number of esters is 2. The van der Waals surface area contributed by atoms with Gasteiger partial charge in [0.05, 0.1) is 11.7 Å². The lowest BCUT2D eigenvalue weighted by Crippen LogP contribution is -2.68. The van der Waals surface area contributed by atoms with Crippen LogP contribution in [0.1, 0.15) is 79.1 Å². The first-order chi connectivity index (χ1) is 13.5. The molecular weight excluding hydrogens is 372 g/mol. The Morgan fingerprint density at radius 2 is 1.62 bits per heavy atom. The van der Waals surface area contributed by atoms with E-state index in [1.165, 1.54) is 13.8 Å². The van der Waals surface area contributed by atoms with E-state index in [0.717, 1.165) is 38.5 Å². The van der Waals surface area contributed by atoms with E-state index in [9.17, 15) is 19.8 Å². The molecule has 0 aromatic rings. The predicted molar refractivity (Wildman–Crippen MR) is 106 cm³/mol. The lowest BCUT2D eigenvalue weighted by Gasteiger charge is -2.65. The molecule has 0 aromatic carbocycles. The van der Waals surface area contributed by atoms with E-state index in [2.05, 4.69) is 13.8 Å². The molecule has 6 nitrogen and oxygen atoms in total. The van der Waals surface area contributed by atoms with Gasteiger partial charge >= 0.3 is 11.9 Å². The van der Waals surface area contributed by atoms with Crippen LogP contribution in [-0.2, 0) is 19.1 Å². The Kier molecular flexibility index (Phi) is 5.05. The summed E-state index contributed by atoms with van der Waals surface area (Å²) in [4.78, 5) is 23.0. The fourth-order valence-corrected chi connectivity index (χ4v) is 7.92. The molecule has 0 bridgehead atoms. The molecule has 29 heavy (non-hydrogen) atoms. The highest BCUT2D eigenvalue weighted by atomic mass is 16.5. The largest absolute Gasteiger partial charge is 0.462 e. The smallest absolute Gasteiger partial charge is 0.302 e. The molecule has 0 radical (unpaired) electrons. The van der Waals surface area contributed by atoms with Gasteiger partial charge in [0.2, 0.25) is 0 Å². The molecular formula is C23H36O6. The van der Waals surface area contributed by atoms with Gasteiger partial charge in [0, 0.05) is 31.1 Å². The topological polar surface area (TPSA) is 93.1 Å². The van der Waals surface area contributed by atoms with Crippen LogP contribution in [-0.4, -0.2) is 46.1 Å². The second-order valence-electron chi connectivity index (χ2n) is 10.7. The molecule has 4 rings (SSSR count). The standard InChI is InChI=1S/C23H36O6/c1-13(24)28-15-7-10-22(4)18-8-9-21(3)17(5-6-20(21)29-14(2)25)16(18)11-19(26)23(22,27)12-15/h15-20,26-27H,5-12H2,1-4H3/t15-,16-,17-,18-,19+,20-,21-,22+,23-/m0/s1. The van der Waals surface area contributed by atoms with E-state index >= 15 is 0 Å². The van der Waals surface area contributed by atoms with Gasteiger partial charge < -0.3 is 19.7 Å². The fraction of sp³-hybridized carbons (Fsp3) is 0.913. The lowest BCUT2D eigenvalue weighted by atomic mass is 9.43. The molecule has 2 N–H and O–H groups in total. The quantitative estimate of drug-likeness (QED) is 0.683. The van der Waals surface area contributed by atoms with Crippen molar-refractivity contribution in [2.45, 2.75) is 103 Å². The van der Waals surface area contributed by atoms with Crippen molar-refractivity contribution >= 4 is 11.9 Å². The van der Waals surface area contributed by atoms with Gasteiger partial charge in [0.25, 0.3) is 0 Å². The van der Waals surface area contributed by atoms with Gasteiger partial charge in [-0.25, -0.2) is 0 Å². The lowest BCUT2D eigenvalue weighted by molar-refractivity contribution is -0.267. The number of fused-ring (bicyclic) bond motifs is 5. The number of rotatable bonds is 2. The van der Waals surface area contributed by atoms with E-state index in [4.69, 9.17) is 9.47 Å². The Labute approximate surface area is 173 Å². The molecule has 4 fully saturated rings. The number of hydrogen-bond acceptors (Lipinski definition) is 6. The maximum Gasteiger partial charge on any atom is 0.302 e. The highest BCUT2D eigenvalue weighted by Gasteiger charge is 2.68. The third-order valence-corrected chi connectivity index (χ3v) is 9.37. The summed E-state index contributed by atoms with van der Waals surface area (Å²) in [5.41, 5.74) is -1.67. The second kappa shape index (κ2) is 6.94. The minimum Gasteiger partial charge on any atom is -0.462 e. The maximum absolute atomic E-state index is 11.7. The SMILES string of the molecule is CC(=O)O[C@H]1CC[C@]2(C)[C@H]3CC[C@]4(C)[C@@H](OC(C)=O)CC[C@H]4[C@@H]3C[C@@H](O)[C@@]2(O)C1. The summed E-state index contributed by atoms with van der Waals surface area (Å²) < 4.78 is 11.1. The van der Waals surface area contributed by atoms with Gasteiger partial charge in [0.15, 0.2) is 0 Å². The van der Waals surface area contributed by atoms with Crippen molar-refractivity contribution in [2.24, 2.45) is 28.6 Å². The van der Waals surface area contributed by atoms with Gasteiger partial charge in [-0.1, -0.05) is 13.8 Å². The summed E-state index contributed by atoms with van der Waals surface area (Å²) in [6.45, 7) is 7.27. The minimum atomic E-state index is -1.23. The van der Waals surface area contributed by atoms with Crippen molar-refractivity contribution in [2.75, 3.05) is 0 Å². The van der Waals surface area contributed by atoms with Crippen LogP contribution in [0.4, 0.5) is 0 Å². The third kappa shape index (κ3) is 3.04. The number of hydrogen-bond donors (Lipinski definition) is 2. The molecule has 0 aromatic heterocycles. The zero-order chi connectivity index (χ0) is 21.2. The molecule has 4 aliphatic rings. The van der Waals surface area contributed by atoms with Gasteiger partial charge in [-0.15, -0.1) is 0 Å². The zero-order valence-corrected chi connectivity index (χ0v) is 18.1. The van der Waals surface area contributed by atoms with E-state index in [-0.39, 0.29) is 29.6 Å².